The van der Waals surface area contributed by atoms with Gasteiger partial charge in [-0.05, 0) is 6.54 Å². The summed E-state index contributed by atoms with van der Waals surface area (Å²) >= 11 is 0. The summed E-state index contributed by atoms with van der Waals surface area (Å²) in [7, 11) is 0. The molecule has 0 aromatic carbocycles. The molecule has 1 rings (SSSR count). The molecule has 12 heavy (non-hydrogen) atoms. The highest BCUT2D eigenvalue weighted by atomic mass is 16.5. The largest absolute Gasteiger partial charge is 0.378 e. The number of hydrogen-bond acceptors (Lipinski definition) is 3. The van der Waals surface area contributed by atoms with E-state index < -0.39 is 0 Å². The molecule has 0 unspecified atom stereocenters. The van der Waals surface area contributed by atoms with Gasteiger partial charge in [0.2, 0.25) is 5.91 Å². The molecule has 0 aliphatic carbocycles. The van der Waals surface area contributed by atoms with E-state index in [4.69, 9.17) is 4.74 Å². The molecular weight excluding hydrogens is 156 g/mol. The average molecular weight is 172 g/mol. The molecule has 0 spiro atoms. The Morgan fingerprint density at radius 2 is 2.17 bits per heavy atom. The van der Waals surface area contributed by atoms with E-state index in [0.29, 0.717) is 19.8 Å². The lowest BCUT2D eigenvalue weighted by Crippen LogP contribution is -2.44. The molecule has 1 N–H and O–H groups in total. The number of nitrogens with one attached hydrogen (secondary N) is 1. The third kappa shape index (κ3) is 2.79. The number of hydrogen-bond donors (Lipinski definition) is 1. The van der Waals surface area contributed by atoms with Crippen LogP contribution in [-0.2, 0) is 9.53 Å². The molecule has 0 atom stereocenters. The first kappa shape index (κ1) is 9.48. The van der Waals surface area contributed by atoms with Crippen molar-refractivity contribution in [1.82, 2.24) is 10.2 Å². The van der Waals surface area contributed by atoms with E-state index in [2.05, 4.69) is 5.32 Å². The van der Waals surface area contributed by atoms with Gasteiger partial charge in [-0.15, -0.1) is 0 Å². The number of amides is 1. The Bertz CT molecular complexity index is 144. The van der Waals surface area contributed by atoms with Gasteiger partial charge >= 0.3 is 0 Å². The Hall–Kier alpha value is -0.610. The van der Waals surface area contributed by atoms with Gasteiger partial charge in [-0.25, -0.2) is 0 Å². The minimum atomic E-state index is 0.181. The molecule has 1 amide bonds. The first-order chi connectivity index (χ1) is 5.84. The molecule has 1 aliphatic rings. The number of carbonyl (C=O) groups excluding carboxylic acids is 1. The van der Waals surface area contributed by atoms with Crippen molar-refractivity contribution in [2.75, 3.05) is 39.4 Å². The molecule has 0 saturated carbocycles. The number of rotatable bonds is 3. The van der Waals surface area contributed by atoms with Crippen molar-refractivity contribution in [3.05, 3.63) is 0 Å². The van der Waals surface area contributed by atoms with Gasteiger partial charge in [0.1, 0.15) is 0 Å². The molecule has 70 valence electrons. The van der Waals surface area contributed by atoms with Crippen LogP contribution in [0.25, 0.3) is 0 Å². The molecule has 0 bridgehead atoms. The lowest BCUT2D eigenvalue weighted by molar-refractivity contribution is -0.134. The van der Waals surface area contributed by atoms with Crippen molar-refractivity contribution in [2.24, 2.45) is 0 Å². The van der Waals surface area contributed by atoms with Crippen LogP contribution in [0.1, 0.15) is 6.92 Å². The van der Waals surface area contributed by atoms with Gasteiger partial charge in [-0.1, -0.05) is 6.92 Å². The number of carbonyl (C=O) groups is 1. The number of morpholine rings is 1. The van der Waals surface area contributed by atoms with E-state index in [9.17, 15) is 4.79 Å². The average Bonchev–Trinajstić information content (AvgIpc) is 2.15. The van der Waals surface area contributed by atoms with Crippen LogP contribution in [0, 0.1) is 0 Å². The van der Waals surface area contributed by atoms with E-state index in [1.54, 1.807) is 0 Å². The molecule has 1 aliphatic heterocycles. The summed E-state index contributed by atoms with van der Waals surface area (Å²) in [6.45, 7) is 6.13. The molecule has 0 aromatic heterocycles. The van der Waals surface area contributed by atoms with Crippen molar-refractivity contribution in [3.8, 4) is 0 Å². The Labute approximate surface area is 72.9 Å². The fourth-order valence-corrected chi connectivity index (χ4v) is 1.16. The monoisotopic (exact) mass is 172 g/mol. The summed E-state index contributed by atoms with van der Waals surface area (Å²) in [6.07, 6.45) is 0. The smallest absolute Gasteiger partial charge is 0.236 e. The van der Waals surface area contributed by atoms with Crippen LogP contribution in [0.4, 0.5) is 0 Å². The lowest BCUT2D eigenvalue weighted by atomic mass is 10.4. The van der Waals surface area contributed by atoms with Crippen LogP contribution in [0.5, 0.6) is 0 Å². The minimum Gasteiger partial charge on any atom is -0.378 e. The zero-order valence-electron chi connectivity index (χ0n) is 7.51. The Morgan fingerprint density at radius 1 is 1.50 bits per heavy atom. The third-order valence-electron chi connectivity index (χ3n) is 1.89. The van der Waals surface area contributed by atoms with Gasteiger partial charge in [0.25, 0.3) is 0 Å². The Kier molecular flexibility index (Phi) is 4.04. The predicted octanol–water partition coefficient (Wildman–Crippen LogP) is -0.545. The molecular formula is C8H16N2O2. The van der Waals surface area contributed by atoms with Gasteiger partial charge < -0.3 is 15.0 Å². The van der Waals surface area contributed by atoms with Crippen LogP contribution in [0.3, 0.4) is 0 Å². The Morgan fingerprint density at radius 3 is 2.75 bits per heavy atom. The van der Waals surface area contributed by atoms with E-state index >= 15 is 0 Å². The SMILES string of the molecule is CCNCC(=O)N1CCOCC1. The molecule has 1 fully saturated rings. The molecule has 0 radical (unpaired) electrons. The highest BCUT2D eigenvalue weighted by Gasteiger charge is 2.15. The normalized spacial score (nSPS) is 17.9. The van der Waals surface area contributed by atoms with Gasteiger partial charge in [0, 0.05) is 13.1 Å². The molecule has 1 heterocycles. The fraction of sp³-hybridized carbons (Fsp3) is 0.875. The Balaban J connectivity index is 2.20. The van der Waals surface area contributed by atoms with Crippen molar-refractivity contribution in [3.63, 3.8) is 0 Å². The van der Waals surface area contributed by atoms with Crippen molar-refractivity contribution >= 4 is 5.91 Å². The predicted molar refractivity (Wildman–Crippen MR) is 45.9 cm³/mol. The summed E-state index contributed by atoms with van der Waals surface area (Å²) in [6, 6.07) is 0. The van der Waals surface area contributed by atoms with Gasteiger partial charge in [-0.2, -0.15) is 0 Å². The van der Waals surface area contributed by atoms with E-state index in [1.165, 1.54) is 0 Å². The molecule has 0 aromatic rings. The fourth-order valence-electron chi connectivity index (χ4n) is 1.16. The molecule has 1 saturated heterocycles. The summed E-state index contributed by atoms with van der Waals surface area (Å²) in [5.41, 5.74) is 0. The van der Waals surface area contributed by atoms with Crippen LogP contribution >= 0.6 is 0 Å². The first-order valence-corrected chi connectivity index (χ1v) is 4.41. The molecule has 4 heteroatoms. The highest BCUT2D eigenvalue weighted by Crippen LogP contribution is 1.96. The second-order valence-electron chi connectivity index (χ2n) is 2.77. The maximum atomic E-state index is 11.4. The first-order valence-electron chi connectivity index (χ1n) is 4.41. The summed E-state index contributed by atoms with van der Waals surface area (Å²) < 4.78 is 5.14. The summed E-state index contributed by atoms with van der Waals surface area (Å²) in [5.74, 6) is 0.181. The minimum absolute atomic E-state index is 0.181. The van der Waals surface area contributed by atoms with Crippen LogP contribution in [0.15, 0.2) is 0 Å². The maximum Gasteiger partial charge on any atom is 0.236 e. The second kappa shape index (κ2) is 5.11. The number of likely N-dealkylation sites (N-methyl/N-ethyl adjacent to an activating group) is 1. The van der Waals surface area contributed by atoms with Crippen molar-refractivity contribution in [1.29, 1.82) is 0 Å². The van der Waals surface area contributed by atoms with Crippen LogP contribution < -0.4 is 5.32 Å². The number of ether oxygens (including phenoxy) is 1. The zero-order valence-corrected chi connectivity index (χ0v) is 7.51. The second-order valence-corrected chi connectivity index (χ2v) is 2.77. The van der Waals surface area contributed by atoms with Gasteiger partial charge in [-0.3, -0.25) is 4.79 Å². The zero-order chi connectivity index (χ0) is 8.81. The summed E-state index contributed by atoms with van der Waals surface area (Å²) in [5, 5.41) is 3.01. The van der Waals surface area contributed by atoms with Crippen molar-refractivity contribution < 1.29 is 9.53 Å². The topological polar surface area (TPSA) is 41.6 Å². The number of nitrogens with zero attached hydrogens (tertiary/aromatic N) is 1. The van der Waals surface area contributed by atoms with Gasteiger partial charge in [0.15, 0.2) is 0 Å². The van der Waals surface area contributed by atoms with Crippen LogP contribution in [0.2, 0.25) is 0 Å². The quantitative estimate of drug-likeness (QED) is 0.621. The van der Waals surface area contributed by atoms with Gasteiger partial charge in [0.05, 0.1) is 19.8 Å². The van der Waals surface area contributed by atoms with Crippen LogP contribution in [-0.4, -0.2) is 50.2 Å². The molecule has 4 nitrogen and oxygen atoms in total. The third-order valence-corrected chi connectivity index (χ3v) is 1.89. The highest BCUT2D eigenvalue weighted by molar-refractivity contribution is 5.78. The standard InChI is InChI=1S/C8H16N2O2/c1-2-9-7-8(11)10-3-5-12-6-4-10/h9H,2-7H2,1H3. The van der Waals surface area contributed by atoms with E-state index in [1.807, 2.05) is 11.8 Å². The maximum absolute atomic E-state index is 11.4. The van der Waals surface area contributed by atoms with Crippen molar-refractivity contribution in [2.45, 2.75) is 6.92 Å². The van der Waals surface area contributed by atoms with E-state index in [0.717, 1.165) is 19.6 Å². The summed E-state index contributed by atoms with van der Waals surface area (Å²) in [4.78, 5) is 13.2. The van der Waals surface area contributed by atoms with E-state index in [-0.39, 0.29) is 5.91 Å². The lowest BCUT2D eigenvalue weighted by Gasteiger charge is -2.26.